The highest BCUT2D eigenvalue weighted by molar-refractivity contribution is 5.71. The quantitative estimate of drug-likeness (QED) is 0.865. The van der Waals surface area contributed by atoms with E-state index in [4.69, 9.17) is 10.5 Å². The predicted octanol–water partition coefficient (Wildman–Crippen LogP) is 1.75. The van der Waals surface area contributed by atoms with Crippen LogP contribution in [0, 0.1) is 0 Å². The summed E-state index contributed by atoms with van der Waals surface area (Å²) in [5.74, 6) is 0.878. The molecule has 5 nitrogen and oxygen atoms in total. The van der Waals surface area contributed by atoms with Crippen molar-refractivity contribution in [3.63, 3.8) is 0 Å². The summed E-state index contributed by atoms with van der Waals surface area (Å²) in [5.41, 5.74) is 8.67. The number of ether oxygens (including phenoxy) is 1. The number of aromatic nitrogens is 2. The molecule has 1 aliphatic rings. The minimum Gasteiger partial charge on any atom is -0.488 e. The molecule has 0 radical (unpaired) electrons. The molecule has 1 fully saturated rings. The number of hydrogen-bond acceptors (Lipinski definition) is 4. The van der Waals surface area contributed by atoms with Gasteiger partial charge in [0.05, 0.1) is 5.69 Å². The van der Waals surface area contributed by atoms with Gasteiger partial charge < -0.3 is 15.4 Å². The molecule has 2 heterocycles. The van der Waals surface area contributed by atoms with Crippen molar-refractivity contribution >= 4 is 5.69 Å². The maximum absolute atomic E-state index is 6.17. The van der Waals surface area contributed by atoms with Crippen molar-refractivity contribution in [2.75, 3.05) is 25.9 Å². The molecule has 1 aromatic carbocycles. The van der Waals surface area contributed by atoms with Crippen molar-refractivity contribution in [2.45, 2.75) is 12.5 Å². The Bertz CT molecular complexity index is 608. The van der Waals surface area contributed by atoms with Crippen molar-refractivity contribution in [2.24, 2.45) is 7.05 Å². The van der Waals surface area contributed by atoms with Crippen LogP contribution in [0.2, 0.25) is 0 Å². The lowest BCUT2D eigenvalue weighted by Gasteiger charge is -2.17. The van der Waals surface area contributed by atoms with Crippen LogP contribution in [0.1, 0.15) is 6.42 Å². The van der Waals surface area contributed by atoms with Crippen LogP contribution in [0.4, 0.5) is 5.69 Å². The Kier molecular flexibility index (Phi) is 3.36. The van der Waals surface area contributed by atoms with Crippen LogP contribution in [-0.4, -0.2) is 40.9 Å². The summed E-state index contributed by atoms with van der Waals surface area (Å²) in [6, 6.07) is 7.76. The number of nitrogens with two attached hydrogens (primary N) is 1. The van der Waals surface area contributed by atoms with Crippen LogP contribution in [0.25, 0.3) is 11.3 Å². The number of benzene rings is 1. The molecule has 106 valence electrons. The normalized spacial score (nSPS) is 19.4. The van der Waals surface area contributed by atoms with E-state index in [1.54, 1.807) is 6.20 Å². The Labute approximate surface area is 118 Å². The smallest absolute Gasteiger partial charge is 0.129 e. The Hall–Kier alpha value is -2.01. The summed E-state index contributed by atoms with van der Waals surface area (Å²) in [6.45, 7) is 2.05. The average Bonchev–Trinajstić information content (AvgIpc) is 3.01. The molecule has 2 N–H and O–H groups in total. The maximum atomic E-state index is 6.17. The molecule has 1 atom stereocenters. The molecule has 5 heteroatoms. The van der Waals surface area contributed by atoms with E-state index in [0.29, 0.717) is 0 Å². The van der Waals surface area contributed by atoms with E-state index < -0.39 is 0 Å². The van der Waals surface area contributed by atoms with Crippen LogP contribution < -0.4 is 10.5 Å². The van der Waals surface area contributed by atoms with Crippen molar-refractivity contribution in [1.29, 1.82) is 0 Å². The summed E-state index contributed by atoms with van der Waals surface area (Å²) in [5, 5.41) is 4.22. The summed E-state index contributed by atoms with van der Waals surface area (Å²) in [4.78, 5) is 2.28. The van der Waals surface area contributed by atoms with E-state index in [-0.39, 0.29) is 6.10 Å². The van der Waals surface area contributed by atoms with Crippen molar-refractivity contribution in [3.05, 3.63) is 30.5 Å². The van der Waals surface area contributed by atoms with Gasteiger partial charge in [0.1, 0.15) is 11.9 Å². The molecule has 0 aliphatic carbocycles. The summed E-state index contributed by atoms with van der Waals surface area (Å²) in [7, 11) is 4.04. The molecular weight excluding hydrogens is 252 g/mol. The molecule has 0 unspecified atom stereocenters. The highest BCUT2D eigenvalue weighted by atomic mass is 16.5. The molecule has 0 spiro atoms. The van der Waals surface area contributed by atoms with Gasteiger partial charge in [-0.15, -0.1) is 0 Å². The molecule has 0 saturated carbocycles. The Morgan fingerprint density at radius 1 is 1.30 bits per heavy atom. The van der Waals surface area contributed by atoms with Gasteiger partial charge in [-0.2, -0.15) is 5.10 Å². The topological polar surface area (TPSA) is 56.3 Å². The molecule has 0 bridgehead atoms. The first kappa shape index (κ1) is 13.0. The van der Waals surface area contributed by atoms with Gasteiger partial charge in [-0.25, -0.2) is 0 Å². The van der Waals surface area contributed by atoms with Crippen LogP contribution in [0.5, 0.6) is 5.75 Å². The standard InChI is InChI=1S/C15H20N4O/c1-18-8-6-12(10-18)20-15-4-3-11(16)9-13(15)14-5-7-17-19(14)2/h3-5,7,9,12H,6,8,10,16H2,1-2H3/t12-/m1/s1. The summed E-state index contributed by atoms with van der Waals surface area (Å²) < 4.78 is 8.01. The zero-order valence-corrected chi connectivity index (χ0v) is 11.9. The molecular formula is C15H20N4O. The van der Waals surface area contributed by atoms with E-state index in [0.717, 1.165) is 42.2 Å². The van der Waals surface area contributed by atoms with E-state index in [1.807, 2.05) is 36.0 Å². The number of anilines is 1. The second-order valence-corrected chi connectivity index (χ2v) is 5.39. The van der Waals surface area contributed by atoms with Gasteiger partial charge >= 0.3 is 0 Å². The lowest BCUT2D eigenvalue weighted by atomic mass is 10.1. The first-order chi connectivity index (χ1) is 9.63. The average molecular weight is 272 g/mol. The Morgan fingerprint density at radius 3 is 2.80 bits per heavy atom. The number of aryl methyl sites for hydroxylation is 1. The monoisotopic (exact) mass is 272 g/mol. The Morgan fingerprint density at radius 2 is 2.15 bits per heavy atom. The fourth-order valence-corrected chi connectivity index (χ4v) is 2.66. The number of nitrogen functional groups attached to an aromatic ring is 1. The van der Waals surface area contributed by atoms with E-state index in [2.05, 4.69) is 17.0 Å². The van der Waals surface area contributed by atoms with Crippen LogP contribution in [0.15, 0.2) is 30.5 Å². The first-order valence-corrected chi connectivity index (χ1v) is 6.86. The third-order valence-electron chi connectivity index (χ3n) is 3.74. The van der Waals surface area contributed by atoms with Crippen molar-refractivity contribution in [3.8, 4) is 17.0 Å². The van der Waals surface area contributed by atoms with Gasteiger partial charge in [0.25, 0.3) is 0 Å². The zero-order chi connectivity index (χ0) is 14.1. The fraction of sp³-hybridized carbons (Fsp3) is 0.400. The SMILES string of the molecule is CN1CC[C@@H](Oc2ccc(N)cc2-c2ccnn2C)C1. The summed E-state index contributed by atoms with van der Waals surface area (Å²) in [6.07, 6.45) is 3.09. The van der Waals surface area contributed by atoms with E-state index in [9.17, 15) is 0 Å². The largest absolute Gasteiger partial charge is 0.488 e. The van der Waals surface area contributed by atoms with E-state index in [1.165, 1.54) is 0 Å². The van der Waals surface area contributed by atoms with Gasteiger partial charge in [0.15, 0.2) is 0 Å². The van der Waals surface area contributed by atoms with Gasteiger partial charge in [0, 0.05) is 37.6 Å². The molecule has 3 rings (SSSR count). The van der Waals surface area contributed by atoms with Crippen molar-refractivity contribution < 1.29 is 4.74 Å². The number of hydrogen-bond donors (Lipinski definition) is 1. The first-order valence-electron chi connectivity index (χ1n) is 6.86. The van der Waals surface area contributed by atoms with Crippen molar-refractivity contribution in [1.82, 2.24) is 14.7 Å². The Balaban J connectivity index is 1.92. The molecule has 1 aromatic heterocycles. The maximum Gasteiger partial charge on any atom is 0.129 e. The van der Waals surface area contributed by atoms with Gasteiger partial charge in [-0.1, -0.05) is 0 Å². The third-order valence-corrected chi connectivity index (χ3v) is 3.74. The van der Waals surface area contributed by atoms with Gasteiger partial charge in [0.2, 0.25) is 0 Å². The number of likely N-dealkylation sites (tertiary alicyclic amines) is 1. The highest BCUT2D eigenvalue weighted by Gasteiger charge is 2.22. The number of rotatable bonds is 3. The third kappa shape index (κ3) is 2.49. The lowest BCUT2D eigenvalue weighted by molar-refractivity contribution is 0.209. The lowest BCUT2D eigenvalue weighted by Crippen LogP contribution is -2.21. The minimum atomic E-state index is 0.246. The highest BCUT2D eigenvalue weighted by Crippen LogP contribution is 2.33. The fourth-order valence-electron chi connectivity index (χ4n) is 2.66. The minimum absolute atomic E-state index is 0.246. The van der Waals surface area contributed by atoms with Crippen LogP contribution in [-0.2, 0) is 7.05 Å². The second-order valence-electron chi connectivity index (χ2n) is 5.39. The van der Waals surface area contributed by atoms with Gasteiger partial charge in [-0.05, 0) is 37.7 Å². The van der Waals surface area contributed by atoms with Gasteiger partial charge in [-0.3, -0.25) is 4.68 Å². The zero-order valence-electron chi connectivity index (χ0n) is 11.9. The molecule has 1 aliphatic heterocycles. The van der Waals surface area contributed by atoms with Crippen LogP contribution >= 0.6 is 0 Å². The molecule has 2 aromatic rings. The second kappa shape index (κ2) is 5.17. The van der Waals surface area contributed by atoms with E-state index >= 15 is 0 Å². The number of likely N-dealkylation sites (N-methyl/N-ethyl adjacent to an activating group) is 1. The summed E-state index contributed by atoms with van der Waals surface area (Å²) >= 11 is 0. The van der Waals surface area contributed by atoms with Crippen LogP contribution in [0.3, 0.4) is 0 Å². The molecule has 0 amide bonds. The predicted molar refractivity (Wildman–Crippen MR) is 79.6 cm³/mol. The molecule has 1 saturated heterocycles. The number of nitrogens with zero attached hydrogens (tertiary/aromatic N) is 3. The molecule has 20 heavy (non-hydrogen) atoms.